The minimum atomic E-state index is -0.367. The van der Waals surface area contributed by atoms with Crippen LogP contribution < -0.4 is 0 Å². The summed E-state index contributed by atoms with van der Waals surface area (Å²) in [6.07, 6.45) is 3.63. The second-order valence-corrected chi connectivity index (χ2v) is 4.23. The molecule has 2 N–H and O–H groups in total. The molecule has 0 aliphatic carbocycles. The van der Waals surface area contributed by atoms with Crippen molar-refractivity contribution >= 4 is 17.9 Å². The van der Waals surface area contributed by atoms with Crippen LogP contribution in [0.15, 0.2) is 42.5 Å². The Morgan fingerprint density at radius 1 is 0.947 bits per heavy atom. The maximum Gasteiger partial charge on any atom is 0.167 e. The van der Waals surface area contributed by atoms with Crippen molar-refractivity contribution in [3.63, 3.8) is 0 Å². The lowest BCUT2D eigenvalue weighted by molar-refractivity contribution is 0.101. The number of hydrogen-bond donors (Lipinski definition) is 2. The van der Waals surface area contributed by atoms with Crippen LogP contribution in [-0.4, -0.2) is 16.0 Å². The number of aromatic hydroxyl groups is 2. The van der Waals surface area contributed by atoms with Crippen LogP contribution in [-0.2, 0) is 0 Å². The molecule has 0 unspecified atom stereocenters. The summed E-state index contributed by atoms with van der Waals surface area (Å²) < 4.78 is 0. The van der Waals surface area contributed by atoms with E-state index in [0.717, 1.165) is 5.56 Å². The van der Waals surface area contributed by atoms with Gasteiger partial charge >= 0.3 is 0 Å². The molecule has 0 spiro atoms. The lowest BCUT2D eigenvalue weighted by Gasteiger charge is -2.05. The molecular weight excluding hydrogens is 240 g/mol. The second-order valence-electron chi connectivity index (χ2n) is 4.23. The summed E-state index contributed by atoms with van der Waals surface area (Å²) in [5.74, 6) is -0.783. The maximum absolute atomic E-state index is 11.2. The van der Waals surface area contributed by atoms with Crippen LogP contribution in [0.2, 0.25) is 0 Å². The number of ketones is 1. The fourth-order valence-corrected chi connectivity index (χ4v) is 1.85. The van der Waals surface area contributed by atoms with Gasteiger partial charge in [0, 0.05) is 0 Å². The molecule has 19 heavy (non-hydrogen) atoms. The van der Waals surface area contributed by atoms with Gasteiger partial charge in [0.2, 0.25) is 0 Å². The fraction of sp³-hybridized carbons (Fsp3) is 0.0625. The van der Waals surface area contributed by atoms with E-state index in [9.17, 15) is 15.0 Å². The SMILES string of the molecule is CC(=O)c1c(O)cc(/C=C/c2ccccc2)cc1O. The zero-order valence-electron chi connectivity index (χ0n) is 10.5. The highest BCUT2D eigenvalue weighted by Crippen LogP contribution is 2.29. The molecule has 0 aliphatic heterocycles. The first-order valence-electron chi connectivity index (χ1n) is 5.88. The molecule has 3 heteroatoms. The van der Waals surface area contributed by atoms with Crippen molar-refractivity contribution in [2.24, 2.45) is 0 Å². The molecule has 0 radical (unpaired) electrons. The van der Waals surface area contributed by atoms with E-state index in [0.29, 0.717) is 5.56 Å². The number of hydrogen-bond acceptors (Lipinski definition) is 3. The van der Waals surface area contributed by atoms with Crippen LogP contribution in [0.1, 0.15) is 28.4 Å². The normalized spacial score (nSPS) is 10.8. The van der Waals surface area contributed by atoms with E-state index in [1.807, 2.05) is 36.4 Å². The highest BCUT2D eigenvalue weighted by Gasteiger charge is 2.12. The van der Waals surface area contributed by atoms with E-state index in [-0.39, 0.29) is 22.8 Å². The van der Waals surface area contributed by atoms with Crippen LogP contribution >= 0.6 is 0 Å². The standard InChI is InChI=1S/C16H14O3/c1-11(17)16-14(18)9-13(10-15(16)19)8-7-12-5-3-2-4-6-12/h2-10,18-19H,1H3/b8-7+. The molecule has 0 saturated carbocycles. The Morgan fingerprint density at radius 3 is 2.00 bits per heavy atom. The van der Waals surface area contributed by atoms with Crippen molar-refractivity contribution in [3.05, 3.63) is 59.2 Å². The molecule has 2 aromatic carbocycles. The summed E-state index contributed by atoms with van der Waals surface area (Å²) in [7, 11) is 0. The van der Waals surface area contributed by atoms with E-state index in [2.05, 4.69) is 0 Å². The van der Waals surface area contributed by atoms with Gasteiger partial charge < -0.3 is 10.2 Å². The lowest BCUT2D eigenvalue weighted by Crippen LogP contribution is -1.94. The number of rotatable bonds is 3. The van der Waals surface area contributed by atoms with Gasteiger partial charge in [-0.2, -0.15) is 0 Å². The number of phenolic OH excluding ortho intramolecular Hbond substituents is 2. The van der Waals surface area contributed by atoms with E-state index in [1.54, 1.807) is 6.08 Å². The van der Waals surface area contributed by atoms with Gasteiger partial charge in [-0.15, -0.1) is 0 Å². The smallest absolute Gasteiger partial charge is 0.167 e. The second kappa shape index (κ2) is 5.40. The van der Waals surface area contributed by atoms with E-state index in [4.69, 9.17) is 0 Å². The zero-order chi connectivity index (χ0) is 13.8. The zero-order valence-corrected chi connectivity index (χ0v) is 10.5. The average Bonchev–Trinajstić information content (AvgIpc) is 2.36. The highest BCUT2D eigenvalue weighted by atomic mass is 16.3. The van der Waals surface area contributed by atoms with E-state index < -0.39 is 0 Å². The summed E-state index contributed by atoms with van der Waals surface area (Å²) >= 11 is 0. The molecular formula is C16H14O3. The maximum atomic E-state index is 11.2. The quantitative estimate of drug-likeness (QED) is 0.651. The van der Waals surface area contributed by atoms with Crippen molar-refractivity contribution in [2.45, 2.75) is 6.92 Å². The van der Waals surface area contributed by atoms with Gasteiger partial charge in [-0.1, -0.05) is 42.5 Å². The number of phenols is 2. The third kappa shape index (κ3) is 3.01. The first-order chi connectivity index (χ1) is 9.08. The first kappa shape index (κ1) is 12.9. The summed E-state index contributed by atoms with van der Waals surface area (Å²) in [6.45, 7) is 1.30. The Hall–Kier alpha value is -2.55. The molecule has 2 rings (SSSR count). The first-order valence-corrected chi connectivity index (χ1v) is 5.88. The Bertz CT molecular complexity index is 605. The molecule has 0 aliphatic rings. The van der Waals surface area contributed by atoms with Crippen LogP contribution in [0, 0.1) is 0 Å². The largest absolute Gasteiger partial charge is 0.507 e. The minimum absolute atomic E-state index is 0.0446. The molecule has 2 aromatic rings. The van der Waals surface area contributed by atoms with Crippen molar-refractivity contribution in [2.75, 3.05) is 0 Å². The van der Waals surface area contributed by atoms with Gasteiger partial charge in [0.15, 0.2) is 5.78 Å². The van der Waals surface area contributed by atoms with E-state index >= 15 is 0 Å². The summed E-state index contributed by atoms with van der Waals surface area (Å²) in [5.41, 5.74) is 1.60. The van der Waals surface area contributed by atoms with Gasteiger partial charge in [-0.25, -0.2) is 0 Å². The molecule has 96 valence electrons. The molecule has 0 atom stereocenters. The Labute approximate surface area is 111 Å². The van der Waals surface area contributed by atoms with Crippen LogP contribution in [0.25, 0.3) is 12.2 Å². The molecule has 0 aromatic heterocycles. The predicted octanol–water partition coefficient (Wildman–Crippen LogP) is 3.47. The third-order valence-corrected chi connectivity index (χ3v) is 2.74. The average molecular weight is 254 g/mol. The van der Waals surface area contributed by atoms with E-state index in [1.165, 1.54) is 19.1 Å². The van der Waals surface area contributed by atoms with Crippen molar-refractivity contribution in [3.8, 4) is 11.5 Å². The molecule has 0 saturated heterocycles. The Morgan fingerprint density at radius 2 is 1.47 bits per heavy atom. The summed E-state index contributed by atoms with van der Waals surface area (Å²) in [6, 6.07) is 12.6. The number of Topliss-reactive ketones (excluding diaryl/α,β-unsaturated/α-hetero) is 1. The highest BCUT2D eigenvalue weighted by molar-refractivity contribution is 5.99. The molecule has 3 nitrogen and oxygen atoms in total. The van der Waals surface area contributed by atoms with Crippen LogP contribution in [0.3, 0.4) is 0 Å². The minimum Gasteiger partial charge on any atom is -0.507 e. The predicted molar refractivity (Wildman–Crippen MR) is 75.1 cm³/mol. The topological polar surface area (TPSA) is 57.5 Å². The molecule has 0 heterocycles. The molecule has 0 amide bonds. The van der Waals surface area contributed by atoms with Gasteiger partial charge in [-0.05, 0) is 30.2 Å². The monoisotopic (exact) mass is 254 g/mol. The number of carbonyl (C=O) groups excluding carboxylic acids is 1. The Kier molecular flexibility index (Phi) is 3.66. The fourth-order valence-electron chi connectivity index (χ4n) is 1.85. The molecule has 0 bridgehead atoms. The van der Waals surface area contributed by atoms with Gasteiger partial charge in [0.25, 0.3) is 0 Å². The van der Waals surface area contributed by atoms with Crippen molar-refractivity contribution in [1.29, 1.82) is 0 Å². The number of benzene rings is 2. The van der Waals surface area contributed by atoms with Gasteiger partial charge in [0.05, 0.1) is 0 Å². The molecule has 0 fully saturated rings. The lowest BCUT2D eigenvalue weighted by atomic mass is 10.0. The number of carbonyl (C=O) groups is 1. The summed E-state index contributed by atoms with van der Waals surface area (Å²) in [5, 5.41) is 19.5. The van der Waals surface area contributed by atoms with Crippen LogP contribution in [0.5, 0.6) is 11.5 Å². The van der Waals surface area contributed by atoms with Gasteiger partial charge in [0.1, 0.15) is 17.1 Å². The van der Waals surface area contributed by atoms with Gasteiger partial charge in [-0.3, -0.25) is 4.79 Å². The Balaban J connectivity index is 2.33. The summed E-state index contributed by atoms with van der Waals surface area (Å²) in [4.78, 5) is 11.2. The third-order valence-electron chi connectivity index (χ3n) is 2.74. The van der Waals surface area contributed by atoms with Crippen molar-refractivity contribution in [1.82, 2.24) is 0 Å². The van der Waals surface area contributed by atoms with Crippen molar-refractivity contribution < 1.29 is 15.0 Å². The van der Waals surface area contributed by atoms with Crippen LogP contribution in [0.4, 0.5) is 0 Å².